The molecule has 34 heavy (non-hydrogen) atoms. The number of anilines is 1. The lowest BCUT2D eigenvalue weighted by Gasteiger charge is -2.10. The Morgan fingerprint density at radius 2 is 1.74 bits per heavy atom. The van der Waals surface area contributed by atoms with E-state index in [0.29, 0.717) is 11.4 Å². The molecule has 12 heteroatoms. The molecule has 0 unspecified atom stereocenters. The highest BCUT2D eigenvalue weighted by Crippen LogP contribution is 2.31. The first-order valence-electron chi connectivity index (χ1n) is 9.82. The average molecular weight is 536 g/mol. The molecule has 2 aromatic heterocycles. The molecule has 2 heterocycles. The van der Waals surface area contributed by atoms with Crippen LogP contribution in [0.15, 0.2) is 77.7 Å². The zero-order chi connectivity index (χ0) is 24.1. The number of hydrogen-bond donors (Lipinski definition) is 1. The molecular weight excluding hydrogens is 519 g/mol. The van der Waals surface area contributed by atoms with Crippen LogP contribution in [0.25, 0.3) is 0 Å². The van der Waals surface area contributed by atoms with Crippen LogP contribution in [0.3, 0.4) is 0 Å². The van der Waals surface area contributed by atoms with Crippen molar-refractivity contribution in [2.75, 3.05) is 5.32 Å². The van der Waals surface area contributed by atoms with Crippen LogP contribution < -0.4 is 14.8 Å². The van der Waals surface area contributed by atoms with E-state index in [-0.39, 0.29) is 24.9 Å². The summed E-state index contributed by atoms with van der Waals surface area (Å²) in [6.07, 6.45) is 0.0916. The number of carbonyl (C=O) groups is 1. The van der Waals surface area contributed by atoms with Crippen molar-refractivity contribution in [3.63, 3.8) is 0 Å². The van der Waals surface area contributed by atoms with Crippen molar-refractivity contribution in [3.05, 3.63) is 88.9 Å². The molecule has 0 saturated heterocycles. The summed E-state index contributed by atoms with van der Waals surface area (Å²) in [5, 5.41) is 10.9. The third kappa shape index (κ3) is 6.16. The molecular formula is C22H17BrF3N5O3. The van der Waals surface area contributed by atoms with E-state index >= 15 is 0 Å². The van der Waals surface area contributed by atoms with E-state index in [0.717, 1.165) is 16.6 Å². The highest BCUT2D eigenvalue weighted by atomic mass is 79.9. The minimum absolute atomic E-state index is 0.0362. The predicted molar refractivity (Wildman–Crippen MR) is 119 cm³/mol. The fourth-order valence-corrected chi connectivity index (χ4v) is 3.09. The van der Waals surface area contributed by atoms with Gasteiger partial charge in [0.2, 0.25) is 0 Å². The van der Waals surface area contributed by atoms with Gasteiger partial charge in [0.25, 0.3) is 5.91 Å². The van der Waals surface area contributed by atoms with Crippen molar-refractivity contribution in [1.29, 1.82) is 0 Å². The number of alkyl halides is 3. The molecule has 0 bridgehead atoms. The van der Waals surface area contributed by atoms with Gasteiger partial charge in [-0.25, -0.2) is 9.36 Å². The van der Waals surface area contributed by atoms with Gasteiger partial charge < -0.3 is 14.8 Å². The number of carbonyl (C=O) groups excluding carboxylic acids is 1. The first kappa shape index (κ1) is 23.4. The summed E-state index contributed by atoms with van der Waals surface area (Å²) in [5.41, 5.74) is -0.265. The minimum Gasteiger partial charge on any atom is -0.471 e. The first-order chi connectivity index (χ1) is 16.3. The molecule has 0 fully saturated rings. The van der Waals surface area contributed by atoms with E-state index in [9.17, 15) is 18.0 Å². The molecule has 1 N–H and O–H groups in total. The van der Waals surface area contributed by atoms with Crippen molar-refractivity contribution in [3.8, 4) is 11.5 Å². The van der Waals surface area contributed by atoms with E-state index < -0.39 is 17.6 Å². The lowest BCUT2D eigenvalue weighted by atomic mass is 10.2. The second-order valence-corrected chi connectivity index (χ2v) is 7.91. The van der Waals surface area contributed by atoms with Gasteiger partial charge in [-0.2, -0.15) is 23.4 Å². The normalized spacial score (nSPS) is 11.3. The molecule has 0 aliphatic carbocycles. The number of benzene rings is 2. The molecule has 0 radical (unpaired) electrons. The average Bonchev–Trinajstić information content (AvgIpc) is 3.47. The lowest BCUT2D eigenvalue weighted by Crippen LogP contribution is -2.14. The summed E-state index contributed by atoms with van der Waals surface area (Å²) in [6.45, 7) is -0.0150. The van der Waals surface area contributed by atoms with Gasteiger partial charge in [0.15, 0.2) is 19.2 Å². The Balaban J connectivity index is 1.29. The number of nitrogens with zero attached hydrogens (tertiary/aromatic N) is 4. The molecule has 8 nitrogen and oxygen atoms in total. The van der Waals surface area contributed by atoms with Crippen LogP contribution in [-0.4, -0.2) is 25.5 Å². The summed E-state index contributed by atoms with van der Waals surface area (Å²) < 4.78 is 53.1. The highest BCUT2D eigenvalue weighted by Gasteiger charge is 2.30. The summed E-state index contributed by atoms with van der Waals surface area (Å²) >= 11 is 3.35. The maximum absolute atomic E-state index is 12.8. The monoisotopic (exact) mass is 535 g/mol. The summed E-state index contributed by atoms with van der Waals surface area (Å²) in [5.74, 6) is 0.225. The number of nitrogens with one attached hydrogen (secondary N) is 1. The number of hydrogen-bond acceptors (Lipinski definition) is 5. The number of halogens is 4. The van der Waals surface area contributed by atoms with Crippen molar-refractivity contribution in [2.24, 2.45) is 0 Å². The van der Waals surface area contributed by atoms with Crippen molar-refractivity contribution < 1.29 is 27.4 Å². The Labute approximate surface area is 200 Å². The van der Waals surface area contributed by atoms with Crippen LogP contribution in [0.5, 0.6) is 11.5 Å². The molecule has 2 aromatic carbocycles. The predicted octanol–water partition coefficient (Wildman–Crippen LogP) is 5.19. The quantitative estimate of drug-likeness (QED) is 0.336. The Kier molecular flexibility index (Phi) is 6.87. The van der Waals surface area contributed by atoms with Crippen LogP contribution >= 0.6 is 15.9 Å². The Morgan fingerprint density at radius 3 is 2.50 bits per heavy atom. The second-order valence-electron chi connectivity index (χ2n) is 6.99. The van der Waals surface area contributed by atoms with Gasteiger partial charge in [-0.3, -0.25) is 4.79 Å². The SMILES string of the molecule is O=C(Nc1cnn(COc2ccc(Br)cc2)c1)c1ccn(COc2cccc(C(F)(F)F)c2)n1. The van der Waals surface area contributed by atoms with Crippen LogP contribution in [0.2, 0.25) is 0 Å². The zero-order valence-corrected chi connectivity index (χ0v) is 19.0. The van der Waals surface area contributed by atoms with E-state index in [1.807, 2.05) is 24.3 Å². The van der Waals surface area contributed by atoms with E-state index in [1.165, 1.54) is 40.0 Å². The van der Waals surface area contributed by atoms with Gasteiger partial charge in [0.1, 0.15) is 11.5 Å². The molecule has 0 atom stereocenters. The fraction of sp³-hybridized carbons (Fsp3) is 0.136. The Bertz CT molecular complexity index is 1270. The van der Waals surface area contributed by atoms with Crippen LogP contribution in [0, 0.1) is 0 Å². The molecule has 4 rings (SSSR count). The maximum atomic E-state index is 12.8. The molecule has 0 saturated carbocycles. The van der Waals surface area contributed by atoms with Crippen molar-refractivity contribution >= 4 is 27.5 Å². The molecule has 4 aromatic rings. The van der Waals surface area contributed by atoms with Gasteiger partial charge >= 0.3 is 6.18 Å². The van der Waals surface area contributed by atoms with E-state index in [2.05, 4.69) is 31.4 Å². The third-order valence-corrected chi connectivity index (χ3v) is 5.00. The van der Waals surface area contributed by atoms with E-state index in [1.54, 1.807) is 6.20 Å². The van der Waals surface area contributed by atoms with Crippen molar-refractivity contribution in [2.45, 2.75) is 19.6 Å². The minimum atomic E-state index is -4.46. The highest BCUT2D eigenvalue weighted by molar-refractivity contribution is 9.10. The maximum Gasteiger partial charge on any atom is 0.416 e. The summed E-state index contributed by atoms with van der Waals surface area (Å²) in [6, 6.07) is 13.3. The van der Waals surface area contributed by atoms with Crippen LogP contribution in [-0.2, 0) is 19.6 Å². The smallest absolute Gasteiger partial charge is 0.416 e. The number of aromatic nitrogens is 4. The number of ether oxygens (including phenoxy) is 2. The Morgan fingerprint density at radius 1 is 1.00 bits per heavy atom. The van der Waals surface area contributed by atoms with Crippen LogP contribution in [0.4, 0.5) is 18.9 Å². The fourth-order valence-electron chi connectivity index (χ4n) is 2.82. The number of rotatable bonds is 8. The number of amides is 1. The molecule has 0 aliphatic rings. The zero-order valence-electron chi connectivity index (χ0n) is 17.4. The van der Waals surface area contributed by atoms with Gasteiger partial charge in [-0.1, -0.05) is 22.0 Å². The lowest BCUT2D eigenvalue weighted by molar-refractivity contribution is -0.137. The van der Waals surface area contributed by atoms with E-state index in [4.69, 9.17) is 9.47 Å². The summed E-state index contributed by atoms with van der Waals surface area (Å²) in [7, 11) is 0. The standard InChI is InChI=1S/C22H17BrF3N5O3/c23-16-4-6-18(7-5-16)33-14-31-12-17(11-27-31)28-21(32)20-8-9-30(29-20)13-34-19-3-1-2-15(10-19)22(24,25)26/h1-12H,13-14H2,(H,28,32). The second kappa shape index (κ2) is 10.00. The molecule has 0 spiro atoms. The van der Waals surface area contributed by atoms with Crippen LogP contribution in [0.1, 0.15) is 16.1 Å². The molecule has 1 amide bonds. The Hall–Kier alpha value is -3.80. The first-order valence-corrected chi connectivity index (χ1v) is 10.6. The molecule has 0 aliphatic heterocycles. The summed E-state index contributed by atoms with van der Waals surface area (Å²) in [4.78, 5) is 12.5. The molecule has 176 valence electrons. The third-order valence-electron chi connectivity index (χ3n) is 4.47. The van der Waals surface area contributed by atoms with Gasteiger partial charge in [-0.15, -0.1) is 0 Å². The van der Waals surface area contributed by atoms with Gasteiger partial charge in [0, 0.05) is 10.7 Å². The topological polar surface area (TPSA) is 83.2 Å². The van der Waals surface area contributed by atoms with Gasteiger partial charge in [0.05, 0.1) is 23.6 Å². The van der Waals surface area contributed by atoms with Gasteiger partial charge in [-0.05, 0) is 48.5 Å². The largest absolute Gasteiger partial charge is 0.471 e. The van der Waals surface area contributed by atoms with Crippen molar-refractivity contribution in [1.82, 2.24) is 19.6 Å².